The molecule has 126 valence electrons. The van der Waals surface area contributed by atoms with Gasteiger partial charge in [0.2, 0.25) is 0 Å². The Labute approximate surface area is 144 Å². The van der Waals surface area contributed by atoms with Crippen molar-refractivity contribution in [1.29, 1.82) is 0 Å². The largest absolute Gasteiger partial charge is 0.323 e. The van der Waals surface area contributed by atoms with Crippen molar-refractivity contribution in [3.05, 3.63) is 82.9 Å². The molecule has 0 bridgehead atoms. The van der Waals surface area contributed by atoms with Gasteiger partial charge < -0.3 is 5.73 Å². The van der Waals surface area contributed by atoms with Gasteiger partial charge in [0, 0.05) is 35.6 Å². The molecule has 5 heteroatoms. The molecule has 0 radical (unpaired) electrons. The van der Waals surface area contributed by atoms with E-state index >= 15 is 0 Å². The molecule has 25 heavy (non-hydrogen) atoms. The summed E-state index contributed by atoms with van der Waals surface area (Å²) in [5.74, 6) is -1.19. The van der Waals surface area contributed by atoms with Gasteiger partial charge in [-0.05, 0) is 42.7 Å². The average molecular weight is 337 g/mol. The van der Waals surface area contributed by atoms with E-state index < -0.39 is 11.6 Å². The van der Waals surface area contributed by atoms with Gasteiger partial charge in [0.15, 0.2) is 0 Å². The highest BCUT2D eigenvalue weighted by Crippen LogP contribution is 2.28. The summed E-state index contributed by atoms with van der Waals surface area (Å²) in [6.07, 6.45) is 3.97. The zero-order valence-electron chi connectivity index (χ0n) is 13.5. The molecule has 2 aromatic heterocycles. The summed E-state index contributed by atoms with van der Waals surface area (Å²) in [6, 6.07) is 11.4. The summed E-state index contributed by atoms with van der Waals surface area (Å²) in [5.41, 5.74) is 10.3. The number of hydrogen-bond acceptors (Lipinski definition) is 3. The van der Waals surface area contributed by atoms with Crippen LogP contribution >= 0.6 is 0 Å². The van der Waals surface area contributed by atoms with E-state index in [1.165, 1.54) is 30.0 Å². The van der Waals surface area contributed by atoms with Crippen molar-refractivity contribution in [2.24, 2.45) is 5.73 Å². The topological polar surface area (TPSA) is 51.8 Å². The van der Waals surface area contributed by atoms with Gasteiger partial charge in [0.05, 0.1) is 11.3 Å². The standard InChI is InChI=1S/C20H17F2N3/c21-16-2-1-3-17(22)19(16)13-5-7-14(24-11-13)10-15-8-4-12-6-9-18(23)20(12)25-15/h1-5,7-8,11,18H,6,9-10,23H2. The second-order valence-corrected chi connectivity index (χ2v) is 6.30. The molecule has 0 spiro atoms. The monoisotopic (exact) mass is 337 g/mol. The third kappa shape index (κ3) is 3.03. The van der Waals surface area contributed by atoms with E-state index in [1.54, 1.807) is 12.1 Å². The van der Waals surface area contributed by atoms with Crippen LogP contribution in [0.3, 0.4) is 0 Å². The van der Waals surface area contributed by atoms with Crippen molar-refractivity contribution >= 4 is 0 Å². The Balaban J connectivity index is 1.58. The molecule has 0 amide bonds. The number of nitrogens with zero attached hydrogens (tertiary/aromatic N) is 2. The SMILES string of the molecule is NC1CCc2ccc(Cc3ccc(-c4c(F)cccc4F)cn3)nc21. The van der Waals surface area contributed by atoms with E-state index in [0.717, 1.165) is 29.9 Å². The van der Waals surface area contributed by atoms with Crippen LogP contribution < -0.4 is 5.73 Å². The van der Waals surface area contributed by atoms with Crippen LogP contribution in [0.5, 0.6) is 0 Å². The fraction of sp³-hybridized carbons (Fsp3) is 0.200. The first-order valence-corrected chi connectivity index (χ1v) is 8.25. The summed E-state index contributed by atoms with van der Waals surface area (Å²) in [6.45, 7) is 0. The van der Waals surface area contributed by atoms with Crippen molar-refractivity contribution in [3.8, 4) is 11.1 Å². The molecule has 0 saturated heterocycles. The fourth-order valence-corrected chi connectivity index (χ4v) is 3.26. The zero-order chi connectivity index (χ0) is 17.4. The first kappa shape index (κ1) is 15.8. The number of halogens is 2. The predicted molar refractivity (Wildman–Crippen MR) is 91.9 cm³/mol. The molecule has 2 N–H and O–H groups in total. The van der Waals surface area contributed by atoms with Crippen molar-refractivity contribution in [2.45, 2.75) is 25.3 Å². The second-order valence-electron chi connectivity index (χ2n) is 6.30. The highest BCUT2D eigenvalue weighted by atomic mass is 19.1. The molecule has 0 fully saturated rings. The quantitative estimate of drug-likeness (QED) is 0.787. The molecule has 0 saturated carbocycles. The molecule has 3 aromatic rings. The van der Waals surface area contributed by atoms with Crippen LogP contribution in [0.25, 0.3) is 11.1 Å². The number of aromatic nitrogens is 2. The highest BCUT2D eigenvalue weighted by Gasteiger charge is 2.20. The number of pyridine rings is 2. The number of nitrogens with two attached hydrogens (primary N) is 1. The Kier molecular flexibility index (Phi) is 4.01. The van der Waals surface area contributed by atoms with Gasteiger partial charge in [-0.1, -0.05) is 18.2 Å². The lowest BCUT2D eigenvalue weighted by Gasteiger charge is -2.08. The van der Waals surface area contributed by atoms with Gasteiger partial charge >= 0.3 is 0 Å². The fourth-order valence-electron chi connectivity index (χ4n) is 3.26. The summed E-state index contributed by atoms with van der Waals surface area (Å²) in [4.78, 5) is 8.99. The molecule has 2 heterocycles. The molecule has 1 aliphatic carbocycles. The minimum Gasteiger partial charge on any atom is -0.323 e. The van der Waals surface area contributed by atoms with E-state index in [4.69, 9.17) is 5.73 Å². The lowest BCUT2D eigenvalue weighted by Crippen LogP contribution is -2.08. The van der Waals surface area contributed by atoms with Crippen LogP contribution in [-0.2, 0) is 12.8 Å². The first-order chi connectivity index (χ1) is 12.1. The molecular formula is C20H17F2N3. The van der Waals surface area contributed by atoms with Crippen molar-refractivity contribution < 1.29 is 8.78 Å². The smallest absolute Gasteiger partial charge is 0.134 e. The summed E-state index contributed by atoms with van der Waals surface area (Å²) >= 11 is 0. The summed E-state index contributed by atoms with van der Waals surface area (Å²) in [5, 5.41) is 0. The minimum absolute atomic E-state index is 0.00863. The molecule has 1 atom stereocenters. The van der Waals surface area contributed by atoms with Gasteiger partial charge in [-0.25, -0.2) is 8.78 Å². The first-order valence-electron chi connectivity index (χ1n) is 8.25. The van der Waals surface area contributed by atoms with Crippen LogP contribution in [0.15, 0.2) is 48.7 Å². The molecule has 1 aliphatic rings. The van der Waals surface area contributed by atoms with E-state index in [1.807, 2.05) is 6.07 Å². The van der Waals surface area contributed by atoms with E-state index in [9.17, 15) is 8.78 Å². The maximum absolute atomic E-state index is 13.9. The Hall–Kier alpha value is -2.66. The number of rotatable bonds is 3. The van der Waals surface area contributed by atoms with Crippen molar-refractivity contribution in [3.63, 3.8) is 0 Å². The predicted octanol–water partition coefficient (Wildman–Crippen LogP) is 3.96. The Morgan fingerprint density at radius 3 is 2.48 bits per heavy atom. The highest BCUT2D eigenvalue weighted by molar-refractivity contribution is 5.63. The van der Waals surface area contributed by atoms with Crippen molar-refractivity contribution in [2.75, 3.05) is 0 Å². The van der Waals surface area contributed by atoms with E-state index in [-0.39, 0.29) is 11.6 Å². The molecule has 1 aromatic carbocycles. The molecule has 1 unspecified atom stereocenters. The maximum atomic E-state index is 13.9. The third-order valence-corrected chi connectivity index (χ3v) is 4.58. The second kappa shape index (κ2) is 6.33. The lowest BCUT2D eigenvalue weighted by atomic mass is 10.1. The Morgan fingerprint density at radius 2 is 1.76 bits per heavy atom. The van der Waals surface area contributed by atoms with Crippen LogP contribution in [0.4, 0.5) is 8.78 Å². The molecule has 0 aliphatic heterocycles. The Morgan fingerprint density at radius 1 is 1.00 bits per heavy atom. The normalized spacial score (nSPS) is 16.0. The molecule has 3 nitrogen and oxygen atoms in total. The third-order valence-electron chi connectivity index (χ3n) is 4.58. The van der Waals surface area contributed by atoms with Gasteiger partial charge in [-0.15, -0.1) is 0 Å². The molecule has 4 rings (SSSR count). The van der Waals surface area contributed by atoms with Crippen LogP contribution in [-0.4, -0.2) is 9.97 Å². The number of hydrogen-bond donors (Lipinski definition) is 1. The average Bonchev–Trinajstić information content (AvgIpc) is 2.97. The van der Waals surface area contributed by atoms with E-state index in [2.05, 4.69) is 16.0 Å². The van der Waals surface area contributed by atoms with E-state index in [0.29, 0.717) is 12.0 Å². The minimum atomic E-state index is -0.594. The van der Waals surface area contributed by atoms with Crippen LogP contribution in [0.2, 0.25) is 0 Å². The molecular weight excluding hydrogens is 320 g/mol. The van der Waals surface area contributed by atoms with Crippen molar-refractivity contribution in [1.82, 2.24) is 9.97 Å². The summed E-state index contributed by atoms with van der Waals surface area (Å²) in [7, 11) is 0. The van der Waals surface area contributed by atoms with Gasteiger partial charge in [0.1, 0.15) is 11.6 Å². The Bertz CT molecular complexity index is 902. The van der Waals surface area contributed by atoms with Crippen LogP contribution in [0.1, 0.15) is 35.1 Å². The lowest BCUT2D eigenvalue weighted by molar-refractivity contribution is 0.589. The number of fused-ring (bicyclic) bond motifs is 1. The maximum Gasteiger partial charge on any atom is 0.134 e. The number of aryl methyl sites for hydroxylation is 1. The zero-order valence-corrected chi connectivity index (χ0v) is 13.5. The van der Waals surface area contributed by atoms with Gasteiger partial charge in [-0.2, -0.15) is 0 Å². The summed E-state index contributed by atoms with van der Waals surface area (Å²) < 4.78 is 27.7. The van der Waals surface area contributed by atoms with Gasteiger partial charge in [-0.3, -0.25) is 9.97 Å². The van der Waals surface area contributed by atoms with Gasteiger partial charge in [0.25, 0.3) is 0 Å². The number of benzene rings is 1. The van der Waals surface area contributed by atoms with Crippen LogP contribution in [0, 0.1) is 11.6 Å².